The molecule has 1 aromatic rings. The molecule has 0 amide bonds. The van der Waals surface area contributed by atoms with Crippen LogP contribution in [0.25, 0.3) is 0 Å². The van der Waals surface area contributed by atoms with E-state index in [2.05, 4.69) is 59.8 Å². The Hall–Kier alpha value is -0.973. The number of hydrogen-bond donors (Lipinski definition) is 0. The van der Waals surface area contributed by atoms with Gasteiger partial charge in [-0.3, -0.25) is 0 Å². The van der Waals surface area contributed by atoms with Crippen molar-refractivity contribution < 1.29 is 14.0 Å². The lowest BCUT2D eigenvalue weighted by Gasteiger charge is -2.41. The quantitative estimate of drug-likeness (QED) is 0.453. The first-order valence-corrected chi connectivity index (χ1v) is 11.8. The molecule has 0 fully saturated rings. The van der Waals surface area contributed by atoms with E-state index < -0.39 is 8.32 Å². The van der Waals surface area contributed by atoms with Gasteiger partial charge in [0.25, 0.3) is 0 Å². The van der Waals surface area contributed by atoms with E-state index in [9.17, 15) is 4.79 Å². The Balaban J connectivity index is 2.70. The summed E-state index contributed by atoms with van der Waals surface area (Å²) in [4.78, 5) is 11.2. The van der Waals surface area contributed by atoms with Crippen molar-refractivity contribution in [2.75, 3.05) is 0 Å². The molecular weight excluding hydrogens is 316 g/mol. The zero-order chi connectivity index (χ0) is 18.4. The minimum absolute atomic E-state index is 0.0277. The first-order chi connectivity index (χ1) is 11.1. The van der Waals surface area contributed by atoms with E-state index >= 15 is 0 Å². The number of carbonyl (C=O) groups excluding carboxylic acids is 1. The summed E-state index contributed by atoms with van der Waals surface area (Å²) in [5.74, 6) is 0.160. The van der Waals surface area contributed by atoms with Crippen LogP contribution in [0.1, 0.15) is 46.6 Å². The molecule has 1 aromatic carbocycles. The van der Waals surface area contributed by atoms with Crippen molar-refractivity contribution in [1.29, 1.82) is 0 Å². The van der Waals surface area contributed by atoms with Gasteiger partial charge in [-0.25, -0.2) is 0 Å². The number of ether oxygens (including phenoxy) is 1. The van der Waals surface area contributed by atoms with Crippen LogP contribution in [0, 0.1) is 5.92 Å². The van der Waals surface area contributed by atoms with Crippen molar-refractivity contribution in [3.8, 4) is 0 Å². The van der Waals surface area contributed by atoms with Gasteiger partial charge in [0, 0.05) is 12.3 Å². The lowest BCUT2D eigenvalue weighted by molar-refractivity contribution is -0.111. The summed E-state index contributed by atoms with van der Waals surface area (Å²) in [6.45, 7) is 15.9. The summed E-state index contributed by atoms with van der Waals surface area (Å²) >= 11 is 0. The van der Waals surface area contributed by atoms with Gasteiger partial charge in [0.1, 0.15) is 6.29 Å². The molecule has 0 aliphatic heterocycles. The van der Waals surface area contributed by atoms with Crippen LogP contribution in [-0.2, 0) is 20.6 Å². The van der Waals surface area contributed by atoms with Crippen LogP contribution in [0.15, 0.2) is 30.3 Å². The Bertz CT molecular complexity index is 493. The second-order valence-corrected chi connectivity index (χ2v) is 12.9. The maximum Gasteiger partial charge on any atom is 0.192 e. The van der Waals surface area contributed by atoms with Crippen LogP contribution in [0.5, 0.6) is 0 Å². The van der Waals surface area contributed by atoms with Crippen molar-refractivity contribution >= 4 is 14.6 Å². The topological polar surface area (TPSA) is 35.5 Å². The van der Waals surface area contributed by atoms with Gasteiger partial charge in [0.05, 0.1) is 18.8 Å². The van der Waals surface area contributed by atoms with Crippen LogP contribution in [0.4, 0.5) is 0 Å². The third-order valence-corrected chi connectivity index (χ3v) is 9.77. The summed E-state index contributed by atoms with van der Waals surface area (Å²) in [7, 11) is -1.92. The monoisotopic (exact) mass is 350 g/mol. The number of rotatable bonds is 9. The fourth-order valence-corrected chi connectivity index (χ4v) is 3.70. The Labute approximate surface area is 148 Å². The highest BCUT2D eigenvalue weighted by atomic mass is 28.4. The largest absolute Gasteiger partial charge is 0.413 e. The normalized spacial score (nSPS) is 16.5. The molecule has 3 nitrogen and oxygen atoms in total. The Kier molecular flexibility index (Phi) is 7.84. The van der Waals surface area contributed by atoms with Gasteiger partial charge in [-0.15, -0.1) is 0 Å². The third kappa shape index (κ3) is 6.15. The predicted molar refractivity (Wildman–Crippen MR) is 103 cm³/mol. The van der Waals surface area contributed by atoms with Crippen molar-refractivity contribution in [3.05, 3.63) is 35.9 Å². The molecule has 0 heterocycles. The molecule has 0 spiro atoms. The average molecular weight is 351 g/mol. The smallest absolute Gasteiger partial charge is 0.192 e. The molecule has 0 saturated carbocycles. The molecular formula is C20H34O3Si. The molecule has 0 aromatic heterocycles. The van der Waals surface area contributed by atoms with E-state index in [1.807, 2.05) is 18.2 Å². The highest BCUT2D eigenvalue weighted by Gasteiger charge is 2.40. The van der Waals surface area contributed by atoms with Gasteiger partial charge in [-0.2, -0.15) is 0 Å². The molecule has 0 aliphatic carbocycles. The van der Waals surface area contributed by atoms with Crippen LogP contribution >= 0.6 is 0 Å². The van der Waals surface area contributed by atoms with E-state index in [0.717, 1.165) is 11.8 Å². The summed E-state index contributed by atoms with van der Waals surface area (Å²) < 4.78 is 12.5. The van der Waals surface area contributed by atoms with Gasteiger partial charge < -0.3 is 14.0 Å². The van der Waals surface area contributed by atoms with E-state index in [0.29, 0.717) is 13.0 Å². The first-order valence-electron chi connectivity index (χ1n) is 8.85. The second kappa shape index (κ2) is 8.93. The maximum absolute atomic E-state index is 11.2. The summed E-state index contributed by atoms with van der Waals surface area (Å²) in [5.41, 5.74) is 1.16. The van der Waals surface area contributed by atoms with Crippen molar-refractivity contribution in [2.24, 2.45) is 5.92 Å². The lowest BCUT2D eigenvalue weighted by Crippen LogP contribution is -2.47. The molecule has 0 radical (unpaired) electrons. The van der Waals surface area contributed by atoms with Gasteiger partial charge in [-0.05, 0) is 30.6 Å². The van der Waals surface area contributed by atoms with Crippen molar-refractivity contribution in [1.82, 2.24) is 0 Å². The molecule has 0 bridgehead atoms. The predicted octanol–water partition coefficient (Wildman–Crippen LogP) is 5.21. The summed E-state index contributed by atoms with van der Waals surface area (Å²) in [6.07, 6.45) is 1.33. The van der Waals surface area contributed by atoms with E-state index in [1.54, 1.807) is 0 Å². The fourth-order valence-electron chi connectivity index (χ4n) is 2.28. The highest BCUT2D eigenvalue weighted by Crippen LogP contribution is 2.38. The molecule has 0 unspecified atom stereocenters. The van der Waals surface area contributed by atoms with E-state index in [-0.39, 0.29) is 23.2 Å². The zero-order valence-electron chi connectivity index (χ0n) is 16.3. The minimum Gasteiger partial charge on any atom is -0.413 e. The van der Waals surface area contributed by atoms with Crippen LogP contribution in [0.3, 0.4) is 0 Å². The molecule has 136 valence electrons. The molecule has 1 rings (SSSR count). The standard InChI is InChI=1S/C20H34O3Si/c1-16(17(2)22-15-18-11-9-8-10-12-18)19(13-14-21)23-24(6,7)20(3,4)5/h8-12,14,16-17,19H,13,15H2,1-7H3/t16-,17+,19+/m0/s1. The van der Waals surface area contributed by atoms with Gasteiger partial charge in [0.15, 0.2) is 8.32 Å². The first kappa shape index (κ1) is 21.1. The lowest BCUT2D eigenvalue weighted by atomic mass is 9.97. The number of benzene rings is 1. The Morgan fingerprint density at radius 3 is 2.21 bits per heavy atom. The zero-order valence-corrected chi connectivity index (χ0v) is 17.3. The molecule has 3 atom stereocenters. The average Bonchev–Trinajstić information content (AvgIpc) is 2.51. The number of hydrogen-bond acceptors (Lipinski definition) is 3. The number of carbonyl (C=O) groups is 1. The Morgan fingerprint density at radius 2 is 1.71 bits per heavy atom. The van der Waals surface area contributed by atoms with Gasteiger partial charge in [0.2, 0.25) is 0 Å². The summed E-state index contributed by atoms with van der Waals surface area (Å²) in [6, 6.07) is 10.2. The second-order valence-electron chi connectivity index (χ2n) is 8.18. The van der Waals surface area contributed by atoms with E-state index in [1.165, 1.54) is 0 Å². The van der Waals surface area contributed by atoms with Crippen LogP contribution in [0.2, 0.25) is 18.1 Å². The van der Waals surface area contributed by atoms with Crippen LogP contribution < -0.4 is 0 Å². The van der Waals surface area contributed by atoms with E-state index in [4.69, 9.17) is 9.16 Å². The third-order valence-electron chi connectivity index (χ3n) is 5.26. The fraction of sp³-hybridized carbons (Fsp3) is 0.650. The maximum atomic E-state index is 11.2. The molecule has 0 aliphatic rings. The molecule has 0 N–H and O–H groups in total. The minimum atomic E-state index is -1.92. The molecule has 0 saturated heterocycles. The summed E-state index contributed by atoms with van der Waals surface area (Å²) in [5, 5.41) is 0.127. The van der Waals surface area contributed by atoms with Crippen LogP contribution in [-0.4, -0.2) is 26.8 Å². The molecule has 4 heteroatoms. The van der Waals surface area contributed by atoms with Gasteiger partial charge in [-0.1, -0.05) is 58.0 Å². The number of aldehydes is 1. The van der Waals surface area contributed by atoms with Crippen molar-refractivity contribution in [2.45, 2.75) is 78.0 Å². The highest BCUT2D eigenvalue weighted by molar-refractivity contribution is 6.74. The SMILES string of the molecule is C[C@@H]([C@@H](C)OCc1ccccc1)[C@@H](CC=O)O[Si](C)(C)C(C)(C)C. The van der Waals surface area contributed by atoms with Gasteiger partial charge >= 0.3 is 0 Å². The van der Waals surface area contributed by atoms with Crippen molar-refractivity contribution in [3.63, 3.8) is 0 Å². The Morgan fingerprint density at radius 1 is 1.12 bits per heavy atom. The molecule has 24 heavy (non-hydrogen) atoms.